The van der Waals surface area contributed by atoms with Gasteiger partial charge in [-0.1, -0.05) is 0 Å². The highest BCUT2D eigenvalue weighted by Crippen LogP contribution is 2.28. The first-order chi connectivity index (χ1) is 11.0. The lowest BCUT2D eigenvalue weighted by Crippen LogP contribution is -2.22. The Hall–Kier alpha value is -3.36. The van der Waals surface area contributed by atoms with E-state index >= 15 is 0 Å². The Morgan fingerprint density at radius 3 is 2.65 bits per heavy atom. The quantitative estimate of drug-likeness (QED) is 0.374. The zero-order valence-corrected chi connectivity index (χ0v) is 12.5. The molecule has 0 unspecified atom stereocenters. The fraction of sp³-hybridized carbons (Fsp3) is 0.143. The van der Waals surface area contributed by atoms with E-state index in [4.69, 9.17) is 15.2 Å². The number of nitrogens with two attached hydrogens (primary N) is 1. The molecule has 0 saturated heterocycles. The summed E-state index contributed by atoms with van der Waals surface area (Å²) in [5, 5.41) is 13.4. The van der Waals surface area contributed by atoms with Crippen molar-refractivity contribution < 1.29 is 14.4 Å². The number of nitrogens with one attached hydrogen (secondary N) is 1. The van der Waals surface area contributed by atoms with E-state index in [-0.39, 0.29) is 17.5 Å². The fourth-order valence-electron chi connectivity index (χ4n) is 1.74. The van der Waals surface area contributed by atoms with Gasteiger partial charge in [0.15, 0.2) is 11.8 Å². The van der Waals surface area contributed by atoms with Crippen molar-refractivity contribution in [2.45, 2.75) is 0 Å². The molecule has 0 fully saturated rings. The fourth-order valence-corrected chi connectivity index (χ4v) is 1.74. The van der Waals surface area contributed by atoms with E-state index in [1.807, 2.05) is 0 Å². The summed E-state index contributed by atoms with van der Waals surface area (Å²) >= 11 is 0. The number of aromatic nitrogens is 1. The minimum absolute atomic E-state index is 0.0646. The molecule has 23 heavy (non-hydrogen) atoms. The molecule has 0 saturated carbocycles. The number of ether oxygens (including phenoxy) is 2. The third kappa shape index (κ3) is 4.06. The third-order valence-electron chi connectivity index (χ3n) is 2.85. The van der Waals surface area contributed by atoms with Crippen LogP contribution in [0.2, 0.25) is 0 Å². The van der Waals surface area contributed by atoms with Gasteiger partial charge in [0.1, 0.15) is 17.7 Å². The molecule has 3 N–H and O–H groups in total. The zero-order valence-electron chi connectivity index (χ0n) is 12.5. The van der Waals surface area contributed by atoms with E-state index in [1.165, 1.54) is 19.2 Å². The second-order valence-electron chi connectivity index (χ2n) is 4.32. The van der Waals surface area contributed by atoms with E-state index in [1.54, 1.807) is 25.3 Å². The Bertz CT molecular complexity index is 730. The number of methoxy groups -OCH3 is 2. The van der Waals surface area contributed by atoms with E-state index in [0.717, 1.165) is 6.20 Å². The summed E-state index contributed by atoms with van der Waals surface area (Å²) in [6.07, 6.45) is 1.11. The van der Waals surface area contributed by atoms with E-state index in [2.05, 4.69) is 15.3 Å². The van der Waals surface area contributed by atoms with Gasteiger partial charge in [0.05, 0.1) is 24.8 Å². The summed E-state index contributed by atoms with van der Waals surface area (Å²) < 4.78 is 10.3. The van der Waals surface area contributed by atoms with Gasteiger partial charge in [0, 0.05) is 12.1 Å². The summed E-state index contributed by atoms with van der Waals surface area (Å²) in [5.41, 5.74) is 6.28. The van der Waals surface area contributed by atoms with Crippen LogP contribution in [0.4, 0.5) is 17.2 Å². The van der Waals surface area contributed by atoms with Crippen molar-refractivity contribution in [3.8, 4) is 11.5 Å². The predicted molar refractivity (Wildman–Crippen MR) is 85.3 cm³/mol. The Balaban J connectivity index is 2.17. The maximum Gasteiger partial charge on any atom is 0.287 e. The number of guanidine groups is 1. The van der Waals surface area contributed by atoms with Gasteiger partial charge >= 0.3 is 0 Å². The molecule has 0 aliphatic heterocycles. The van der Waals surface area contributed by atoms with Crippen molar-refractivity contribution in [1.82, 2.24) is 4.98 Å². The first-order valence-electron chi connectivity index (χ1n) is 6.47. The second-order valence-corrected chi connectivity index (χ2v) is 4.32. The largest absolute Gasteiger partial charge is 0.497 e. The molecule has 2 aromatic rings. The Labute approximate surface area is 131 Å². The second kappa shape index (κ2) is 7.07. The minimum atomic E-state index is -0.537. The molecule has 1 heterocycles. The van der Waals surface area contributed by atoms with Crippen LogP contribution in [-0.4, -0.2) is 30.1 Å². The number of anilines is 1. The smallest absolute Gasteiger partial charge is 0.287 e. The van der Waals surface area contributed by atoms with E-state index < -0.39 is 4.92 Å². The highest BCUT2D eigenvalue weighted by atomic mass is 16.6. The van der Waals surface area contributed by atoms with Crippen molar-refractivity contribution in [1.29, 1.82) is 0 Å². The molecule has 1 aromatic heterocycles. The third-order valence-corrected chi connectivity index (χ3v) is 2.85. The average molecular weight is 317 g/mol. The van der Waals surface area contributed by atoms with Gasteiger partial charge in [-0.05, 0) is 18.2 Å². The van der Waals surface area contributed by atoms with Crippen molar-refractivity contribution >= 4 is 23.2 Å². The molecule has 0 atom stereocenters. The lowest BCUT2D eigenvalue weighted by Gasteiger charge is -2.11. The van der Waals surface area contributed by atoms with E-state index in [0.29, 0.717) is 17.2 Å². The van der Waals surface area contributed by atoms with Crippen molar-refractivity contribution in [3.63, 3.8) is 0 Å². The zero-order chi connectivity index (χ0) is 16.8. The van der Waals surface area contributed by atoms with Crippen molar-refractivity contribution in [2.24, 2.45) is 10.7 Å². The Morgan fingerprint density at radius 2 is 2.09 bits per heavy atom. The van der Waals surface area contributed by atoms with Crippen molar-refractivity contribution in [2.75, 3.05) is 19.5 Å². The maximum absolute atomic E-state index is 10.6. The Kier molecular flexibility index (Phi) is 4.92. The predicted octanol–water partition coefficient (Wildman–Crippen LogP) is 2.07. The summed E-state index contributed by atoms with van der Waals surface area (Å²) in [5.74, 6) is 1.47. The first kappa shape index (κ1) is 16.0. The van der Waals surface area contributed by atoms with Gasteiger partial charge < -0.3 is 20.5 Å². The number of aliphatic imine (C=N–C) groups is 1. The number of rotatable bonds is 5. The molecule has 0 bridgehead atoms. The molecule has 9 nitrogen and oxygen atoms in total. The molecular formula is C14H15N5O4. The SMILES string of the molecule is COc1ccc(NC(N)=Nc2ccc([N+](=O)[O-])cn2)c(OC)c1. The van der Waals surface area contributed by atoms with Crippen LogP contribution in [0.5, 0.6) is 11.5 Å². The monoisotopic (exact) mass is 317 g/mol. The summed E-state index contributed by atoms with van der Waals surface area (Å²) in [6.45, 7) is 0. The number of pyridine rings is 1. The normalized spacial score (nSPS) is 11.0. The van der Waals surface area contributed by atoms with Gasteiger partial charge in [0.25, 0.3) is 5.69 Å². The molecule has 0 aliphatic carbocycles. The van der Waals surface area contributed by atoms with Crippen LogP contribution in [0.3, 0.4) is 0 Å². The van der Waals surface area contributed by atoms with Crippen LogP contribution >= 0.6 is 0 Å². The summed E-state index contributed by atoms with van der Waals surface area (Å²) in [4.78, 5) is 17.9. The standard InChI is InChI=1S/C14H15N5O4/c1-22-10-4-5-11(12(7-10)23-2)17-14(15)18-13-6-3-9(8-16-13)19(20)21/h3-8H,1-2H3,(H3,15,16,17,18). The Morgan fingerprint density at radius 1 is 1.30 bits per heavy atom. The van der Waals surface area contributed by atoms with E-state index in [9.17, 15) is 10.1 Å². The molecule has 0 amide bonds. The van der Waals surface area contributed by atoms with Crippen molar-refractivity contribution in [3.05, 3.63) is 46.6 Å². The molecule has 1 aromatic carbocycles. The van der Waals surface area contributed by atoms with Crippen LogP contribution in [-0.2, 0) is 0 Å². The van der Waals surface area contributed by atoms with Crippen LogP contribution in [0.25, 0.3) is 0 Å². The van der Waals surface area contributed by atoms with Gasteiger partial charge in [-0.25, -0.2) is 4.98 Å². The number of hydrogen-bond acceptors (Lipinski definition) is 6. The molecule has 0 radical (unpaired) electrons. The first-order valence-corrected chi connectivity index (χ1v) is 6.47. The topological polar surface area (TPSA) is 125 Å². The summed E-state index contributed by atoms with van der Waals surface area (Å²) in [7, 11) is 3.07. The van der Waals surface area contributed by atoms with Crippen LogP contribution in [0, 0.1) is 10.1 Å². The molecular weight excluding hydrogens is 302 g/mol. The van der Waals surface area contributed by atoms with Gasteiger partial charge in [-0.15, -0.1) is 0 Å². The van der Waals surface area contributed by atoms with Gasteiger partial charge in [0.2, 0.25) is 0 Å². The molecule has 120 valence electrons. The highest BCUT2D eigenvalue weighted by Gasteiger charge is 2.07. The van der Waals surface area contributed by atoms with Gasteiger partial charge in [-0.3, -0.25) is 10.1 Å². The van der Waals surface area contributed by atoms with Gasteiger partial charge in [-0.2, -0.15) is 4.99 Å². The molecule has 2 rings (SSSR count). The molecule has 0 aliphatic rings. The lowest BCUT2D eigenvalue weighted by molar-refractivity contribution is -0.385. The number of nitro groups is 1. The molecule has 9 heteroatoms. The lowest BCUT2D eigenvalue weighted by atomic mass is 10.2. The maximum atomic E-state index is 10.6. The molecule has 0 spiro atoms. The highest BCUT2D eigenvalue weighted by molar-refractivity contribution is 5.95. The number of benzene rings is 1. The number of nitrogens with zero attached hydrogens (tertiary/aromatic N) is 3. The minimum Gasteiger partial charge on any atom is -0.497 e. The average Bonchev–Trinajstić information content (AvgIpc) is 2.55. The van der Waals surface area contributed by atoms with Crippen LogP contribution in [0.1, 0.15) is 0 Å². The summed E-state index contributed by atoms with van der Waals surface area (Å²) in [6, 6.07) is 7.86. The van der Waals surface area contributed by atoms with Crippen LogP contribution < -0.4 is 20.5 Å². The number of hydrogen-bond donors (Lipinski definition) is 2. The van der Waals surface area contributed by atoms with Crippen LogP contribution in [0.15, 0.2) is 41.5 Å².